The Kier molecular flexibility index (Phi) is 5.75. The highest BCUT2D eigenvalue weighted by Gasteiger charge is 2.30. The smallest absolute Gasteiger partial charge is 0.309 e. The lowest BCUT2D eigenvalue weighted by atomic mass is 10.2. The van der Waals surface area contributed by atoms with Crippen LogP contribution in [-0.2, 0) is 9.84 Å². The molecule has 0 unspecified atom stereocenters. The number of benzene rings is 2. The first-order chi connectivity index (χ1) is 15.4. The minimum Gasteiger partial charge on any atom is -0.455 e. The molecule has 2 heterocycles. The number of rotatable bonds is 6. The average Bonchev–Trinajstić information content (AvgIpc) is 3.29. The molecule has 0 aliphatic carbocycles. The van der Waals surface area contributed by atoms with Crippen molar-refractivity contribution < 1.29 is 22.9 Å². The predicted molar refractivity (Wildman–Crippen MR) is 116 cm³/mol. The molecule has 0 bridgehead atoms. The van der Waals surface area contributed by atoms with E-state index in [1.807, 2.05) is 18.2 Å². The second kappa shape index (κ2) is 8.65. The third-order valence-corrected chi connectivity index (χ3v) is 7.04. The van der Waals surface area contributed by atoms with Gasteiger partial charge in [-0.3, -0.25) is 19.9 Å². The Morgan fingerprint density at radius 3 is 2.41 bits per heavy atom. The summed E-state index contributed by atoms with van der Waals surface area (Å²) in [7, 11) is -4.42. The highest BCUT2D eigenvalue weighted by atomic mass is 32.2. The molecule has 32 heavy (non-hydrogen) atoms. The van der Waals surface area contributed by atoms with E-state index >= 15 is 0 Å². The summed E-state index contributed by atoms with van der Waals surface area (Å²) >= 11 is 0.893. The van der Waals surface area contributed by atoms with E-state index in [0.717, 1.165) is 35.6 Å². The van der Waals surface area contributed by atoms with E-state index in [2.05, 4.69) is 9.97 Å². The van der Waals surface area contributed by atoms with E-state index in [1.165, 1.54) is 12.4 Å². The van der Waals surface area contributed by atoms with Crippen molar-refractivity contribution in [2.45, 2.75) is 4.90 Å². The lowest BCUT2D eigenvalue weighted by Crippen LogP contribution is -2.15. The summed E-state index contributed by atoms with van der Waals surface area (Å²) in [5, 5.41) is 9.34. The van der Waals surface area contributed by atoms with Crippen molar-refractivity contribution >= 4 is 32.0 Å². The van der Waals surface area contributed by atoms with E-state index in [4.69, 9.17) is 4.74 Å². The standard InChI is InChI=1S/C21H13N3O6S2/c25-21(32(28,29)16-8-6-14(7-9-16)24(26)27)20-23-13-19(31-20)17-10-11-22-12-18(17)30-15-4-2-1-3-5-15/h1-13H. The molecular formula is C21H13N3O6S2. The van der Waals surface area contributed by atoms with Crippen molar-refractivity contribution in [3.8, 4) is 21.9 Å². The number of sulfone groups is 1. The number of nitro groups is 1. The van der Waals surface area contributed by atoms with Crippen LogP contribution in [0.15, 0.2) is 84.1 Å². The van der Waals surface area contributed by atoms with Crippen LogP contribution in [0.1, 0.15) is 9.80 Å². The van der Waals surface area contributed by atoms with Gasteiger partial charge in [-0.1, -0.05) is 18.2 Å². The van der Waals surface area contributed by atoms with Gasteiger partial charge >= 0.3 is 5.12 Å². The number of carbonyl (C=O) groups excluding carboxylic acids is 1. The second-order valence-corrected chi connectivity index (χ2v) is 9.24. The van der Waals surface area contributed by atoms with Gasteiger partial charge in [0.05, 0.1) is 20.9 Å². The fraction of sp³-hybridized carbons (Fsp3) is 0. The van der Waals surface area contributed by atoms with E-state index < -0.39 is 19.9 Å². The van der Waals surface area contributed by atoms with Gasteiger partial charge in [0.15, 0.2) is 10.8 Å². The SMILES string of the molecule is O=C(c1ncc(-c2ccncc2Oc2ccccc2)s1)S(=O)(=O)c1ccc([N+](=O)[O-])cc1. The summed E-state index contributed by atoms with van der Waals surface area (Å²) in [6.07, 6.45) is 4.44. The van der Waals surface area contributed by atoms with Gasteiger partial charge in [0.1, 0.15) is 5.75 Å². The molecule has 0 saturated heterocycles. The fourth-order valence-electron chi connectivity index (χ4n) is 2.74. The molecule has 0 radical (unpaired) electrons. The summed E-state index contributed by atoms with van der Waals surface area (Å²) in [6, 6.07) is 14.8. The van der Waals surface area contributed by atoms with Crippen molar-refractivity contribution in [3.63, 3.8) is 0 Å². The van der Waals surface area contributed by atoms with E-state index in [0.29, 0.717) is 21.9 Å². The van der Waals surface area contributed by atoms with Crippen LogP contribution in [0.25, 0.3) is 10.4 Å². The van der Waals surface area contributed by atoms with Crippen molar-refractivity contribution in [1.82, 2.24) is 9.97 Å². The number of ether oxygens (including phenoxy) is 1. The third-order valence-electron chi connectivity index (χ3n) is 4.30. The van der Waals surface area contributed by atoms with E-state index in [1.54, 1.807) is 24.4 Å². The van der Waals surface area contributed by atoms with Crippen molar-refractivity contribution in [3.05, 3.63) is 94.4 Å². The highest BCUT2D eigenvalue weighted by Crippen LogP contribution is 2.36. The quantitative estimate of drug-likeness (QED) is 0.299. The Morgan fingerprint density at radius 1 is 1.00 bits per heavy atom. The molecule has 4 aromatic rings. The number of nitro benzene ring substituents is 1. The summed E-state index contributed by atoms with van der Waals surface area (Å²) in [5.41, 5.74) is 0.310. The lowest BCUT2D eigenvalue weighted by Gasteiger charge is -2.08. The number of aromatic nitrogens is 2. The normalized spacial score (nSPS) is 11.1. The largest absolute Gasteiger partial charge is 0.455 e. The molecule has 0 spiro atoms. The predicted octanol–water partition coefficient (Wildman–Crippen LogP) is 4.52. The Hall–Kier alpha value is -3.96. The molecule has 9 nitrogen and oxygen atoms in total. The summed E-state index contributed by atoms with van der Waals surface area (Å²) in [4.78, 5) is 31.0. The summed E-state index contributed by atoms with van der Waals surface area (Å²) < 4.78 is 31.2. The Morgan fingerprint density at radius 2 is 1.72 bits per heavy atom. The molecule has 160 valence electrons. The van der Waals surface area contributed by atoms with Crippen LogP contribution in [-0.4, -0.2) is 28.4 Å². The maximum absolute atomic E-state index is 12.7. The van der Waals surface area contributed by atoms with Crippen LogP contribution in [0.2, 0.25) is 0 Å². The van der Waals surface area contributed by atoms with Crippen LogP contribution in [0.3, 0.4) is 0 Å². The molecule has 0 saturated carbocycles. The van der Waals surface area contributed by atoms with Crippen LogP contribution in [0.4, 0.5) is 5.69 Å². The van der Waals surface area contributed by atoms with E-state index in [9.17, 15) is 23.3 Å². The van der Waals surface area contributed by atoms with Gasteiger partial charge in [-0.05, 0) is 30.3 Å². The van der Waals surface area contributed by atoms with Gasteiger partial charge in [-0.2, -0.15) is 0 Å². The van der Waals surface area contributed by atoms with Crippen molar-refractivity contribution in [2.75, 3.05) is 0 Å². The molecule has 0 fully saturated rings. The number of carbonyl (C=O) groups is 1. The van der Waals surface area contributed by atoms with Crippen LogP contribution in [0.5, 0.6) is 11.5 Å². The summed E-state index contributed by atoms with van der Waals surface area (Å²) in [5.74, 6) is 1.00. The van der Waals surface area contributed by atoms with Gasteiger partial charge in [-0.25, -0.2) is 13.4 Å². The van der Waals surface area contributed by atoms with Gasteiger partial charge in [0, 0.05) is 30.1 Å². The highest BCUT2D eigenvalue weighted by molar-refractivity contribution is 8.07. The van der Waals surface area contributed by atoms with Crippen LogP contribution >= 0.6 is 11.3 Å². The first kappa shape index (κ1) is 21.3. The number of hydrogen-bond acceptors (Lipinski definition) is 9. The van der Waals surface area contributed by atoms with Gasteiger partial charge in [-0.15, -0.1) is 11.3 Å². The molecule has 2 aromatic carbocycles. The number of nitrogens with zero attached hydrogens (tertiary/aromatic N) is 3. The van der Waals surface area contributed by atoms with Gasteiger partial charge < -0.3 is 4.74 Å². The first-order valence-electron chi connectivity index (χ1n) is 9.03. The monoisotopic (exact) mass is 467 g/mol. The lowest BCUT2D eigenvalue weighted by molar-refractivity contribution is -0.384. The topological polar surface area (TPSA) is 129 Å². The Bertz CT molecular complexity index is 1400. The number of non-ortho nitro benzene ring substituents is 1. The minimum atomic E-state index is -4.42. The molecule has 0 amide bonds. The molecular weight excluding hydrogens is 454 g/mol. The van der Waals surface area contributed by atoms with Crippen LogP contribution < -0.4 is 4.74 Å². The number of para-hydroxylation sites is 1. The minimum absolute atomic E-state index is 0.235. The fourth-order valence-corrected chi connectivity index (χ4v) is 4.97. The maximum Gasteiger partial charge on any atom is 0.309 e. The molecule has 2 aromatic heterocycles. The Balaban J connectivity index is 1.63. The first-order valence-corrected chi connectivity index (χ1v) is 11.3. The zero-order valence-corrected chi connectivity index (χ0v) is 17.7. The molecule has 11 heteroatoms. The van der Waals surface area contributed by atoms with E-state index in [-0.39, 0.29) is 15.6 Å². The summed E-state index contributed by atoms with van der Waals surface area (Å²) in [6.45, 7) is 0. The molecule has 0 aliphatic rings. The molecule has 0 aliphatic heterocycles. The average molecular weight is 467 g/mol. The molecule has 4 rings (SSSR count). The maximum atomic E-state index is 12.7. The molecule has 0 N–H and O–H groups in total. The second-order valence-electron chi connectivity index (χ2n) is 6.36. The van der Waals surface area contributed by atoms with Gasteiger partial charge in [0.2, 0.25) is 9.84 Å². The Labute approximate surface area is 186 Å². The van der Waals surface area contributed by atoms with Crippen molar-refractivity contribution in [2.24, 2.45) is 0 Å². The number of pyridine rings is 1. The zero-order valence-electron chi connectivity index (χ0n) is 16.1. The number of thiazole rings is 1. The number of hydrogen-bond donors (Lipinski definition) is 0. The van der Waals surface area contributed by atoms with Crippen molar-refractivity contribution in [1.29, 1.82) is 0 Å². The third kappa shape index (κ3) is 4.24. The van der Waals surface area contributed by atoms with Crippen LogP contribution in [0, 0.1) is 10.1 Å². The van der Waals surface area contributed by atoms with Gasteiger partial charge in [0.25, 0.3) is 5.69 Å². The zero-order chi connectivity index (χ0) is 22.7. The molecule has 0 atom stereocenters.